The number of rotatable bonds is 4. The third-order valence-electron chi connectivity index (χ3n) is 2.33. The van der Waals surface area contributed by atoms with Crippen molar-refractivity contribution in [2.24, 2.45) is 7.05 Å². The highest BCUT2D eigenvalue weighted by Gasteiger charge is 2.15. The Balaban J connectivity index is 1.67. The first-order chi connectivity index (χ1) is 6.84. The van der Waals surface area contributed by atoms with E-state index in [4.69, 9.17) is 4.84 Å². The standard InChI is InChI=1S/C8H15N5O/c1-13-11-8(10-12-13)6-9-14-7-4-2-3-5-7/h7,9H,2-6H2,1H3. The van der Waals surface area contributed by atoms with E-state index in [9.17, 15) is 0 Å². The third-order valence-corrected chi connectivity index (χ3v) is 2.33. The molecule has 0 atom stereocenters. The number of aromatic nitrogens is 4. The van der Waals surface area contributed by atoms with Gasteiger partial charge in [-0.1, -0.05) is 12.8 Å². The predicted molar refractivity (Wildman–Crippen MR) is 49.0 cm³/mol. The van der Waals surface area contributed by atoms with E-state index in [2.05, 4.69) is 20.9 Å². The number of hydrogen-bond acceptors (Lipinski definition) is 5. The van der Waals surface area contributed by atoms with Gasteiger partial charge in [-0.25, -0.2) is 0 Å². The van der Waals surface area contributed by atoms with E-state index in [0.29, 0.717) is 18.5 Å². The summed E-state index contributed by atoms with van der Waals surface area (Å²) in [6.07, 6.45) is 5.22. The molecule has 1 aromatic heterocycles. The first-order valence-electron chi connectivity index (χ1n) is 4.96. The molecule has 0 amide bonds. The summed E-state index contributed by atoms with van der Waals surface area (Å²) in [5.41, 5.74) is 2.88. The summed E-state index contributed by atoms with van der Waals surface area (Å²) in [7, 11) is 1.74. The van der Waals surface area contributed by atoms with Crippen molar-refractivity contribution in [3.8, 4) is 0 Å². The SMILES string of the molecule is Cn1nnc(CNOC2CCCC2)n1. The first-order valence-corrected chi connectivity index (χ1v) is 4.96. The van der Waals surface area contributed by atoms with Gasteiger partial charge >= 0.3 is 0 Å². The normalized spacial score (nSPS) is 17.8. The summed E-state index contributed by atoms with van der Waals surface area (Å²) in [5.74, 6) is 0.658. The second-order valence-electron chi connectivity index (χ2n) is 3.54. The number of aryl methyl sites for hydroxylation is 1. The van der Waals surface area contributed by atoms with Crippen molar-refractivity contribution in [1.29, 1.82) is 0 Å². The lowest BCUT2D eigenvalue weighted by molar-refractivity contribution is -0.0254. The van der Waals surface area contributed by atoms with Crippen LogP contribution in [0.4, 0.5) is 0 Å². The Kier molecular flexibility index (Phi) is 3.05. The van der Waals surface area contributed by atoms with Crippen molar-refractivity contribution in [3.63, 3.8) is 0 Å². The van der Waals surface area contributed by atoms with Gasteiger partial charge in [0.05, 0.1) is 19.7 Å². The van der Waals surface area contributed by atoms with Crippen LogP contribution in [-0.2, 0) is 18.4 Å². The highest BCUT2D eigenvalue weighted by Crippen LogP contribution is 2.19. The number of tetrazole rings is 1. The topological polar surface area (TPSA) is 64.9 Å². The zero-order valence-electron chi connectivity index (χ0n) is 8.31. The Labute approximate surface area is 82.6 Å². The molecule has 0 unspecified atom stereocenters. The highest BCUT2D eigenvalue weighted by atomic mass is 16.7. The minimum atomic E-state index is 0.367. The van der Waals surface area contributed by atoms with Crippen LogP contribution in [0.1, 0.15) is 31.5 Å². The molecule has 0 bridgehead atoms. The molecule has 1 fully saturated rings. The maximum atomic E-state index is 5.45. The van der Waals surface area contributed by atoms with Crippen LogP contribution in [-0.4, -0.2) is 26.3 Å². The molecule has 1 aromatic rings. The van der Waals surface area contributed by atoms with E-state index >= 15 is 0 Å². The Hall–Kier alpha value is -1.01. The van der Waals surface area contributed by atoms with E-state index in [-0.39, 0.29) is 0 Å². The van der Waals surface area contributed by atoms with Gasteiger partial charge in [-0.2, -0.15) is 10.3 Å². The Morgan fingerprint density at radius 3 is 2.93 bits per heavy atom. The summed E-state index contributed by atoms with van der Waals surface area (Å²) in [5, 5.41) is 11.6. The van der Waals surface area contributed by atoms with Crippen LogP contribution in [0.2, 0.25) is 0 Å². The molecule has 14 heavy (non-hydrogen) atoms. The quantitative estimate of drug-likeness (QED) is 0.697. The third kappa shape index (κ3) is 2.49. The molecule has 0 aliphatic heterocycles. The van der Waals surface area contributed by atoms with E-state index in [0.717, 1.165) is 12.8 Å². The van der Waals surface area contributed by atoms with Crippen LogP contribution in [0.3, 0.4) is 0 Å². The molecule has 6 nitrogen and oxygen atoms in total. The second-order valence-corrected chi connectivity index (χ2v) is 3.54. The smallest absolute Gasteiger partial charge is 0.190 e. The first kappa shape index (κ1) is 9.54. The number of hydrogen-bond donors (Lipinski definition) is 1. The molecule has 0 aromatic carbocycles. The Bertz CT molecular complexity index is 281. The van der Waals surface area contributed by atoms with Crippen LogP contribution in [0.25, 0.3) is 0 Å². The fourth-order valence-corrected chi connectivity index (χ4v) is 1.62. The predicted octanol–water partition coefficient (Wildman–Crippen LogP) is 0.174. The molecule has 0 spiro atoms. The maximum Gasteiger partial charge on any atom is 0.190 e. The molecule has 1 aliphatic carbocycles. The summed E-state index contributed by atoms with van der Waals surface area (Å²) in [6.45, 7) is 0.518. The summed E-state index contributed by atoms with van der Waals surface area (Å²) in [4.78, 5) is 6.89. The lowest BCUT2D eigenvalue weighted by Gasteiger charge is -2.09. The monoisotopic (exact) mass is 197 g/mol. The molecular formula is C8H15N5O. The van der Waals surface area contributed by atoms with Gasteiger partial charge in [0.1, 0.15) is 0 Å². The molecular weight excluding hydrogens is 182 g/mol. The van der Waals surface area contributed by atoms with Crippen LogP contribution >= 0.6 is 0 Å². The number of hydroxylamine groups is 1. The molecule has 0 saturated heterocycles. The minimum Gasteiger partial charge on any atom is -0.298 e. The second kappa shape index (κ2) is 4.47. The summed E-state index contributed by atoms with van der Waals surface area (Å²) >= 11 is 0. The van der Waals surface area contributed by atoms with E-state index in [1.807, 2.05) is 0 Å². The fraction of sp³-hybridized carbons (Fsp3) is 0.875. The van der Waals surface area contributed by atoms with E-state index < -0.39 is 0 Å². The van der Waals surface area contributed by atoms with Crippen molar-refractivity contribution >= 4 is 0 Å². The van der Waals surface area contributed by atoms with Crippen molar-refractivity contribution in [3.05, 3.63) is 5.82 Å². The lowest BCUT2D eigenvalue weighted by Crippen LogP contribution is -2.21. The van der Waals surface area contributed by atoms with Gasteiger partial charge in [-0.3, -0.25) is 4.84 Å². The molecule has 2 rings (SSSR count). The highest BCUT2D eigenvalue weighted by molar-refractivity contribution is 4.73. The summed E-state index contributed by atoms with van der Waals surface area (Å²) in [6, 6.07) is 0. The van der Waals surface area contributed by atoms with E-state index in [1.54, 1.807) is 7.05 Å². The van der Waals surface area contributed by atoms with Crippen LogP contribution < -0.4 is 5.48 Å². The minimum absolute atomic E-state index is 0.367. The van der Waals surface area contributed by atoms with Crippen LogP contribution in [0.5, 0.6) is 0 Å². The molecule has 78 valence electrons. The van der Waals surface area contributed by atoms with Gasteiger partial charge in [0, 0.05) is 0 Å². The maximum absolute atomic E-state index is 5.45. The van der Waals surface area contributed by atoms with Crippen molar-refractivity contribution in [2.45, 2.75) is 38.3 Å². The van der Waals surface area contributed by atoms with Crippen molar-refractivity contribution in [1.82, 2.24) is 25.7 Å². The van der Waals surface area contributed by atoms with Crippen LogP contribution in [0.15, 0.2) is 0 Å². The fourth-order valence-electron chi connectivity index (χ4n) is 1.62. The lowest BCUT2D eigenvalue weighted by atomic mass is 10.3. The Morgan fingerprint density at radius 1 is 1.50 bits per heavy atom. The molecule has 1 aliphatic rings. The van der Waals surface area contributed by atoms with Gasteiger partial charge in [-0.15, -0.1) is 10.2 Å². The molecule has 1 heterocycles. The molecule has 6 heteroatoms. The zero-order chi connectivity index (χ0) is 9.80. The van der Waals surface area contributed by atoms with Gasteiger partial charge < -0.3 is 0 Å². The Morgan fingerprint density at radius 2 is 2.29 bits per heavy atom. The molecule has 1 N–H and O–H groups in total. The van der Waals surface area contributed by atoms with Crippen LogP contribution in [0, 0.1) is 0 Å². The molecule has 1 saturated carbocycles. The van der Waals surface area contributed by atoms with Gasteiger partial charge in [0.15, 0.2) is 5.82 Å². The zero-order valence-corrected chi connectivity index (χ0v) is 8.31. The average Bonchev–Trinajstić information content (AvgIpc) is 2.77. The average molecular weight is 197 g/mol. The molecule has 0 radical (unpaired) electrons. The van der Waals surface area contributed by atoms with Crippen molar-refractivity contribution < 1.29 is 4.84 Å². The van der Waals surface area contributed by atoms with Gasteiger partial charge in [-0.05, 0) is 18.1 Å². The van der Waals surface area contributed by atoms with Gasteiger partial charge in [0.2, 0.25) is 0 Å². The van der Waals surface area contributed by atoms with E-state index in [1.165, 1.54) is 17.6 Å². The number of nitrogens with one attached hydrogen (secondary N) is 1. The number of nitrogens with zero attached hydrogens (tertiary/aromatic N) is 4. The van der Waals surface area contributed by atoms with Gasteiger partial charge in [0.25, 0.3) is 0 Å². The summed E-state index contributed by atoms with van der Waals surface area (Å²) < 4.78 is 0. The largest absolute Gasteiger partial charge is 0.298 e. The van der Waals surface area contributed by atoms with Crippen molar-refractivity contribution in [2.75, 3.05) is 0 Å².